The van der Waals surface area contributed by atoms with E-state index in [1.165, 1.54) is 24.2 Å². The van der Waals surface area contributed by atoms with Gasteiger partial charge in [0.1, 0.15) is 0 Å². The molecule has 1 saturated carbocycles. The molecule has 0 spiro atoms. The number of rotatable bonds is 1. The molecule has 2 aliphatic rings. The van der Waals surface area contributed by atoms with Crippen LogP contribution in [0.1, 0.15) is 49.5 Å². The van der Waals surface area contributed by atoms with E-state index in [0.29, 0.717) is 6.04 Å². The van der Waals surface area contributed by atoms with Crippen molar-refractivity contribution in [3.63, 3.8) is 0 Å². The Bertz CT molecular complexity index is 359. The summed E-state index contributed by atoms with van der Waals surface area (Å²) in [5.74, 6) is 0. The van der Waals surface area contributed by atoms with Gasteiger partial charge in [-0.05, 0) is 44.9 Å². The highest BCUT2D eigenvalue weighted by atomic mass is 16.3. The first-order valence-electron chi connectivity index (χ1n) is 6.09. The predicted molar refractivity (Wildman–Crippen MR) is 57.8 cm³/mol. The van der Waals surface area contributed by atoms with Crippen LogP contribution in [0.4, 0.5) is 0 Å². The van der Waals surface area contributed by atoms with Gasteiger partial charge in [-0.3, -0.25) is 0 Å². The van der Waals surface area contributed by atoms with Crippen LogP contribution in [0.3, 0.4) is 0 Å². The Hall–Kier alpha value is -0.830. The van der Waals surface area contributed by atoms with Crippen molar-refractivity contribution in [2.75, 3.05) is 0 Å². The molecule has 0 saturated heterocycles. The normalized spacial score (nSPS) is 30.5. The second-order valence-corrected chi connectivity index (χ2v) is 4.82. The first-order chi connectivity index (χ1) is 7.36. The average Bonchev–Trinajstić information content (AvgIpc) is 2.83. The van der Waals surface area contributed by atoms with Crippen molar-refractivity contribution in [3.8, 4) is 0 Å². The molecule has 0 radical (unpaired) electrons. The van der Waals surface area contributed by atoms with E-state index in [0.717, 1.165) is 32.1 Å². The van der Waals surface area contributed by atoms with Gasteiger partial charge in [0, 0.05) is 5.69 Å². The molecule has 1 fully saturated rings. The maximum atomic E-state index is 9.91. The summed E-state index contributed by atoms with van der Waals surface area (Å²) in [5.41, 5.74) is 2.67. The molecular formula is C12H18N2O. The molecule has 82 valence electrons. The Labute approximate surface area is 90.1 Å². The minimum Gasteiger partial charge on any atom is -0.391 e. The van der Waals surface area contributed by atoms with Crippen LogP contribution in [-0.4, -0.2) is 20.8 Å². The fraction of sp³-hybridized carbons (Fsp3) is 0.750. The zero-order chi connectivity index (χ0) is 10.3. The van der Waals surface area contributed by atoms with Crippen molar-refractivity contribution in [1.29, 1.82) is 0 Å². The molecule has 3 rings (SSSR count). The van der Waals surface area contributed by atoms with Crippen LogP contribution in [0, 0.1) is 0 Å². The molecule has 3 nitrogen and oxygen atoms in total. The summed E-state index contributed by atoms with van der Waals surface area (Å²) in [5, 5.41) is 9.91. The number of hydrogen-bond acceptors (Lipinski definition) is 2. The predicted octanol–water partition coefficient (Wildman–Crippen LogP) is 1.85. The maximum absolute atomic E-state index is 9.91. The lowest BCUT2D eigenvalue weighted by Crippen LogP contribution is -2.20. The Morgan fingerprint density at radius 3 is 2.87 bits per heavy atom. The van der Waals surface area contributed by atoms with Crippen LogP contribution < -0.4 is 0 Å². The van der Waals surface area contributed by atoms with E-state index in [1.807, 2.05) is 6.33 Å². The molecule has 0 unspecified atom stereocenters. The first-order valence-corrected chi connectivity index (χ1v) is 6.09. The van der Waals surface area contributed by atoms with E-state index in [2.05, 4.69) is 9.55 Å². The molecule has 0 amide bonds. The molecule has 1 aromatic rings. The van der Waals surface area contributed by atoms with Crippen molar-refractivity contribution in [2.24, 2.45) is 0 Å². The molecule has 2 atom stereocenters. The number of fused-ring (bicyclic) bond motifs is 1. The highest BCUT2D eigenvalue weighted by Crippen LogP contribution is 2.33. The smallest absolute Gasteiger partial charge is 0.0955 e. The fourth-order valence-corrected chi connectivity index (χ4v) is 3.02. The Balaban J connectivity index is 1.94. The van der Waals surface area contributed by atoms with Gasteiger partial charge in [0.15, 0.2) is 0 Å². The summed E-state index contributed by atoms with van der Waals surface area (Å²) in [4.78, 5) is 4.49. The highest BCUT2D eigenvalue weighted by molar-refractivity contribution is 5.17. The summed E-state index contributed by atoms with van der Waals surface area (Å²) in [6.07, 6.45) is 9.86. The molecule has 0 aromatic carbocycles. The van der Waals surface area contributed by atoms with Gasteiger partial charge < -0.3 is 9.67 Å². The average molecular weight is 206 g/mol. The minimum absolute atomic E-state index is 0.148. The summed E-state index contributed by atoms with van der Waals surface area (Å²) < 4.78 is 2.26. The van der Waals surface area contributed by atoms with Crippen molar-refractivity contribution in [3.05, 3.63) is 17.7 Å². The second kappa shape index (κ2) is 3.63. The first kappa shape index (κ1) is 9.40. The van der Waals surface area contributed by atoms with E-state index in [4.69, 9.17) is 0 Å². The Morgan fingerprint density at radius 2 is 2.07 bits per heavy atom. The molecule has 15 heavy (non-hydrogen) atoms. The van der Waals surface area contributed by atoms with Gasteiger partial charge >= 0.3 is 0 Å². The third-order valence-corrected chi connectivity index (χ3v) is 3.86. The van der Waals surface area contributed by atoms with Crippen LogP contribution in [-0.2, 0) is 12.8 Å². The third kappa shape index (κ3) is 1.49. The summed E-state index contributed by atoms with van der Waals surface area (Å²) in [7, 11) is 0. The number of aromatic nitrogens is 2. The van der Waals surface area contributed by atoms with E-state index >= 15 is 0 Å². The van der Waals surface area contributed by atoms with Crippen molar-refractivity contribution in [1.82, 2.24) is 9.55 Å². The quantitative estimate of drug-likeness (QED) is 0.761. The zero-order valence-corrected chi connectivity index (χ0v) is 9.02. The number of aliphatic hydroxyl groups is 1. The second-order valence-electron chi connectivity index (χ2n) is 4.82. The number of hydrogen-bond donors (Lipinski definition) is 1. The van der Waals surface area contributed by atoms with Crippen molar-refractivity contribution < 1.29 is 5.11 Å². The van der Waals surface area contributed by atoms with Crippen LogP contribution in [0.25, 0.3) is 0 Å². The molecule has 0 bridgehead atoms. The molecule has 1 aromatic heterocycles. The number of nitrogens with zero attached hydrogens (tertiary/aromatic N) is 2. The molecule has 0 aliphatic heterocycles. The van der Waals surface area contributed by atoms with Crippen LogP contribution in [0.15, 0.2) is 6.33 Å². The summed E-state index contributed by atoms with van der Waals surface area (Å²) >= 11 is 0. The number of aliphatic hydroxyl groups excluding tert-OH is 1. The monoisotopic (exact) mass is 206 g/mol. The van der Waals surface area contributed by atoms with Crippen LogP contribution >= 0.6 is 0 Å². The Morgan fingerprint density at radius 1 is 1.20 bits per heavy atom. The lowest BCUT2D eigenvalue weighted by molar-refractivity contribution is 0.135. The van der Waals surface area contributed by atoms with E-state index < -0.39 is 0 Å². The molecule has 3 heteroatoms. The summed E-state index contributed by atoms with van der Waals surface area (Å²) in [6.45, 7) is 0. The molecular weight excluding hydrogens is 188 g/mol. The highest BCUT2D eigenvalue weighted by Gasteiger charge is 2.29. The maximum Gasteiger partial charge on any atom is 0.0955 e. The number of aryl methyl sites for hydroxylation is 1. The van der Waals surface area contributed by atoms with Gasteiger partial charge in [-0.15, -0.1) is 0 Å². The van der Waals surface area contributed by atoms with Gasteiger partial charge in [0.2, 0.25) is 0 Å². The largest absolute Gasteiger partial charge is 0.391 e. The number of imidazole rings is 1. The molecule has 1 N–H and O–H groups in total. The summed E-state index contributed by atoms with van der Waals surface area (Å²) in [6, 6.07) is 0.305. The third-order valence-electron chi connectivity index (χ3n) is 3.86. The van der Waals surface area contributed by atoms with E-state index in [-0.39, 0.29) is 6.10 Å². The SMILES string of the molecule is O[C@@H]1CCC[C@H]1n1cnc2c1CCCC2. The molecule has 2 aliphatic carbocycles. The van der Waals surface area contributed by atoms with Gasteiger partial charge in [0.05, 0.1) is 24.2 Å². The minimum atomic E-state index is -0.148. The van der Waals surface area contributed by atoms with Gasteiger partial charge in [-0.1, -0.05) is 0 Å². The fourth-order valence-electron chi connectivity index (χ4n) is 3.02. The zero-order valence-electron chi connectivity index (χ0n) is 9.02. The van der Waals surface area contributed by atoms with Crippen LogP contribution in [0.5, 0.6) is 0 Å². The van der Waals surface area contributed by atoms with Crippen molar-refractivity contribution >= 4 is 0 Å². The van der Waals surface area contributed by atoms with E-state index in [9.17, 15) is 5.11 Å². The lowest BCUT2D eigenvalue weighted by atomic mass is 10.0. The molecule has 1 heterocycles. The topological polar surface area (TPSA) is 38.0 Å². The van der Waals surface area contributed by atoms with E-state index in [1.54, 1.807) is 0 Å². The lowest BCUT2D eigenvalue weighted by Gasteiger charge is -2.21. The van der Waals surface area contributed by atoms with Crippen molar-refractivity contribution in [2.45, 2.75) is 57.1 Å². The van der Waals surface area contributed by atoms with Crippen LogP contribution in [0.2, 0.25) is 0 Å². The van der Waals surface area contributed by atoms with Gasteiger partial charge in [-0.25, -0.2) is 4.98 Å². The Kier molecular flexibility index (Phi) is 2.28. The standard InChI is InChI=1S/C12H18N2O/c15-12-7-3-6-11(12)14-8-13-9-4-1-2-5-10(9)14/h8,11-12,15H,1-7H2/t11-,12-/m1/s1. The van der Waals surface area contributed by atoms with Gasteiger partial charge in [-0.2, -0.15) is 0 Å². The van der Waals surface area contributed by atoms with Gasteiger partial charge in [0.25, 0.3) is 0 Å².